The zero-order valence-electron chi connectivity index (χ0n) is 11.1. The van der Waals surface area contributed by atoms with Gasteiger partial charge in [0.25, 0.3) is 5.91 Å². The summed E-state index contributed by atoms with van der Waals surface area (Å²) in [5.41, 5.74) is 0.474. The molecule has 6 heteroatoms. The van der Waals surface area contributed by atoms with E-state index >= 15 is 0 Å². The number of methoxy groups -OCH3 is 1. The highest BCUT2D eigenvalue weighted by atomic mass is 35.5. The number of phenolic OH excluding ortho intramolecular Hbond substituents is 1. The molecule has 0 aliphatic carbocycles. The molecular formula is C15H12ClNO4. The molecule has 0 aliphatic rings. The number of benzene rings is 2. The number of nitrogens with one attached hydrogen (secondary N) is 1. The fourth-order valence-corrected chi connectivity index (χ4v) is 1.94. The maximum Gasteiger partial charge on any atom is 0.339 e. The number of phenols is 1. The Labute approximate surface area is 126 Å². The van der Waals surface area contributed by atoms with Crippen molar-refractivity contribution < 1.29 is 19.4 Å². The molecule has 21 heavy (non-hydrogen) atoms. The van der Waals surface area contributed by atoms with Crippen LogP contribution in [0.5, 0.6) is 5.75 Å². The highest BCUT2D eigenvalue weighted by Crippen LogP contribution is 2.24. The van der Waals surface area contributed by atoms with Crippen LogP contribution in [-0.2, 0) is 4.74 Å². The third-order valence-electron chi connectivity index (χ3n) is 2.78. The molecule has 0 atom stereocenters. The smallest absolute Gasteiger partial charge is 0.339 e. The third kappa shape index (κ3) is 3.32. The minimum absolute atomic E-state index is 0.0910. The van der Waals surface area contributed by atoms with E-state index in [-0.39, 0.29) is 22.6 Å². The first-order valence-corrected chi connectivity index (χ1v) is 6.38. The molecule has 0 bridgehead atoms. The first-order valence-electron chi connectivity index (χ1n) is 6.00. The van der Waals surface area contributed by atoms with Crippen molar-refractivity contribution in [3.8, 4) is 5.75 Å². The topological polar surface area (TPSA) is 75.6 Å². The molecule has 0 radical (unpaired) electrons. The van der Waals surface area contributed by atoms with Crippen LogP contribution in [0.4, 0.5) is 5.69 Å². The van der Waals surface area contributed by atoms with E-state index in [0.29, 0.717) is 5.02 Å². The number of hydrogen-bond acceptors (Lipinski definition) is 4. The van der Waals surface area contributed by atoms with Gasteiger partial charge in [0.15, 0.2) is 0 Å². The SMILES string of the molecule is COC(=O)c1ccc(Cl)cc1NC(=O)c1ccccc1O. The largest absolute Gasteiger partial charge is 0.507 e. The lowest BCUT2D eigenvalue weighted by Gasteiger charge is -2.11. The first-order chi connectivity index (χ1) is 10.0. The second kappa shape index (κ2) is 6.28. The molecule has 0 spiro atoms. The number of rotatable bonds is 3. The van der Waals surface area contributed by atoms with Crippen LogP contribution in [0, 0.1) is 0 Å². The Morgan fingerprint density at radius 3 is 2.52 bits per heavy atom. The van der Waals surface area contributed by atoms with Crippen LogP contribution >= 0.6 is 11.6 Å². The van der Waals surface area contributed by atoms with Gasteiger partial charge in [-0.1, -0.05) is 23.7 Å². The first kappa shape index (κ1) is 14.9. The van der Waals surface area contributed by atoms with Crippen molar-refractivity contribution in [2.24, 2.45) is 0 Å². The van der Waals surface area contributed by atoms with Crippen LogP contribution in [0.1, 0.15) is 20.7 Å². The van der Waals surface area contributed by atoms with Gasteiger partial charge in [0.05, 0.1) is 23.9 Å². The average Bonchev–Trinajstić information content (AvgIpc) is 2.47. The minimum Gasteiger partial charge on any atom is -0.507 e. The van der Waals surface area contributed by atoms with Gasteiger partial charge in [0.2, 0.25) is 0 Å². The maximum atomic E-state index is 12.1. The summed E-state index contributed by atoms with van der Waals surface area (Å²) < 4.78 is 4.65. The monoisotopic (exact) mass is 305 g/mol. The summed E-state index contributed by atoms with van der Waals surface area (Å²) in [6.45, 7) is 0. The molecule has 0 heterocycles. The van der Waals surface area contributed by atoms with Crippen LogP contribution in [0.25, 0.3) is 0 Å². The number of carbonyl (C=O) groups is 2. The predicted molar refractivity (Wildman–Crippen MR) is 78.9 cm³/mol. The Morgan fingerprint density at radius 1 is 1.14 bits per heavy atom. The normalized spacial score (nSPS) is 10.0. The molecule has 2 aromatic carbocycles. The molecule has 2 N–H and O–H groups in total. The zero-order chi connectivity index (χ0) is 15.4. The molecule has 0 aromatic heterocycles. The van der Waals surface area contributed by atoms with Gasteiger partial charge in [-0.25, -0.2) is 4.79 Å². The van der Waals surface area contributed by atoms with E-state index < -0.39 is 11.9 Å². The van der Waals surface area contributed by atoms with Gasteiger partial charge < -0.3 is 15.2 Å². The van der Waals surface area contributed by atoms with E-state index in [0.717, 1.165) is 0 Å². The number of hydrogen-bond donors (Lipinski definition) is 2. The number of aromatic hydroxyl groups is 1. The molecular weight excluding hydrogens is 294 g/mol. The van der Waals surface area contributed by atoms with Crippen molar-refractivity contribution in [2.45, 2.75) is 0 Å². The van der Waals surface area contributed by atoms with Gasteiger partial charge in [0, 0.05) is 5.02 Å². The van der Waals surface area contributed by atoms with E-state index in [9.17, 15) is 14.7 Å². The molecule has 0 aliphatic heterocycles. The number of carbonyl (C=O) groups excluding carboxylic acids is 2. The summed E-state index contributed by atoms with van der Waals surface area (Å²) in [7, 11) is 1.24. The molecule has 2 aromatic rings. The molecule has 0 saturated heterocycles. The Kier molecular flexibility index (Phi) is 4.45. The van der Waals surface area contributed by atoms with Gasteiger partial charge in [-0.3, -0.25) is 4.79 Å². The summed E-state index contributed by atoms with van der Waals surface area (Å²) in [5, 5.41) is 12.6. The molecule has 5 nitrogen and oxygen atoms in total. The van der Waals surface area contributed by atoms with Crippen molar-refractivity contribution in [1.82, 2.24) is 0 Å². The van der Waals surface area contributed by atoms with Gasteiger partial charge in [-0.05, 0) is 30.3 Å². The molecule has 0 fully saturated rings. The number of halogens is 1. The molecule has 108 valence electrons. The highest BCUT2D eigenvalue weighted by molar-refractivity contribution is 6.31. The Hall–Kier alpha value is -2.53. The van der Waals surface area contributed by atoms with Gasteiger partial charge in [0.1, 0.15) is 5.75 Å². The van der Waals surface area contributed by atoms with Crippen LogP contribution in [0.3, 0.4) is 0 Å². The summed E-state index contributed by atoms with van der Waals surface area (Å²) in [6, 6.07) is 10.5. The minimum atomic E-state index is -0.598. The molecule has 0 unspecified atom stereocenters. The Morgan fingerprint density at radius 2 is 1.86 bits per heavy atom. The van der Waals surface area contributed by atoms with E-state index in [1.54, 1.807) is 12.1 Å². The van der Waals surface area contributed by atoms with Gasteiger partial charge in [-0.2, -0.15) is 0 Å². The molecule has 2 rings (SSSR count). The maximum absolute atomic E-state index is 12.1. The van der Waals surface area contributed by atoms with Crippen LogP contribution in [0.15, 0.2) is 42.5 Å². The molecule has 1 amide bonds. The predicted octanol–water partition coefficient (Wildman–Crippen LogP) is 3.08. The fraction of sp³-hybridized carbons (Fsp3) is 0.0667. The number of esters is 1. The fourth-order valence-electron chi connectivity index (χ4n) is 1.76. The van der Waals surface area contributed by atoms with Crippen molar-refractivity contribution in [2.75, 3.05) is 12.4 Å². The van der Waals surface area contributed by atoms with Crippen LogP contribution in [0.2, 0.25) is 5.02 Å². The van der Waals surface area contributed by atoms with Crippen molar-refractivity contribution in [3.05, 3.63) is 58.6 Å². The molecule has 0 saturated carbocycles. The number of amides is 1. The number of para-hydroxylation sites is 1. The van der Waals surface area contributed by atoms with E-state index in [1.165, 1.54) is 37.4 Å². The standard InChI is InChI=1S/C15H12ClNO4/c1-21-15(20)10-7-6-9(16)8-12(10)17-14(19)11-4-2-3-5-13(11)18/h2-8,18H,1H3,(H,17,19). The highest BCUT2D eigenvalue weighted by Gasteiger charge is 2.16. The van der Waals surface area contributed by atoms with Gasteiger partial charge >= 0.3 is 5.97 Å². The third-order valence-corrected chi connectivity index (χ3v) is 3.02. The van der Waals surface area contributed by atoms with Gasteiger partial charge in [-0.15, -0.1) is 0 Å². The second-order valence-corrected chi connectivity index (χ2v) is 4.59. The zero-order valence-corrected chi connectivity index (χ0v) is 11.8. The quantitative estimate of drug-likeness (QED) is 0.854. The van der Waals surface area contributed by atoms with Crippen molar-refractivity contribution >= 4 is 29.2 Å². The van der Waals surface area contributed by atoms with Crippen LogP contribution in [-0.4, -0.2) is 24.1 Å². The average molecular weight is 306 g/mol. The van der Waals surface area contributed by atoms with Crippen molar-refractivity contribution in [3.63, 3.8) is 0 Å². The lowest BCUT2D eigenvalue weighted by Crippen LogP contribution is -2.15. The Bertz CT molecular complexity index is 700. The second-order valence-electron chi connectivity index (χ2n) is 4.15. The van der Waals surface area contributed by atoms with Crippen molar-refractivity contribution in [1.29, 1.82) is 0 Å². The Balaban J connectivity index is 2.35. The van der Waals surface area contributed by atoms with E-state index in [1.807, 2.05) is 0 Å². The lowest BCUT2D eigenvalue weighted by molar-refractivity contribution is 0.0602. The summed E-state index contributed by atoms with van der Waals surface area (Å²) in [4.78, 5) is 23.8. The lowest BCUT2D eigenvalue weighted by atomic mass is 10.1. The van der Waals surface area contributed by atoms with Crippen LogP contribution < -0.4 is 5.32 Å². The number of ether oxygens (including phenoxy) is 1. The van der Waals surface area contributed by atoms with E-state index in [4.69, 9.17) is 11.6 Å². The summed E-state index contributed by atoms with van der Waals surface area (Å²) in [5.74, 6) is -1.31. The number of anilines is 1. The summed E-state index contributed by atoms with van der Waals surface area (Å²) >= 11 is 5.87. The summed E-state index contributed by atoms with van der Waals surface area (Å²) in [6.07, 6.45) is 0. The van der Waals surface area contributed by atoms with E-state index in [2.05, 4.69) is 10.1 Å².